The van der Waals surface area contributed by atoms with Gasteiger partial charge in [0, 0.05) is 10.2 Å². The Balaban J connectivity index is 2.44. The lowest BCUT2D eigenvalue weighted by Gasteiger charge is -2.12. The van der Waals surface area contributed by atoms with Gasteiger partial charge in [-0.2, -0.15) is 0 Å². The molecule has 0 saturated carbocycles. The Labute approximate surface area is 125 Å². The van der Waals surface area contributed by atoms with Gasteiger partial charge in [0.25, 0.3) is 0 Å². The van der Waals surface area contributed by atoms with E-state index in [1.807, 2.05) is 26.0 Å². The normalized spacial score (nSPS) is 10.3. The molecule has 0 aliphatic rings. The van der Waals surface area contributed by atoms with Crippen molar-refractivity contribution in [1.29, 1.82) is 0 Å². The zero-order chi connectivity index (χ0) is 14.7. The van der Waals surface area contributed by atoms with Gasteiger partial charge < -0.3 is 9.84 Å². The molecule has 0 atom stereocenters. The lowest BCUT2D eigenvalue weighted by Crippen LogP contribution is -2.02. The minimum absolute atomic E-state index is 0.121. The number of aromatic nitrogens is 1. The summed E-state index contributed by atoms with van der Waals surface area (Å²) >= 11 is 3.32. The van der Waals surface area contributed by atoms with E-state index < -0.39 is 5.97 Å². The average Bonchev–Trinajstić information content (AvgIpc) is 2.40. The van der Waals surface area contributed by atoms with Gasteiger partial charge in [-0.25, -0.2) is 4.79 Å². The zero-order valence-corrected chi connectivity index (χ0v) is 12.8. The molecule has 0 fully saturated rings. The van der Waals surface area contributed by atoms with Gasteiger partial charge in [-0.05, 0) is 43.7 Å². The molecule has 0 bridgehead atoms. The van der Waals surface area contributed by atoms with Crippen molar-refractivity contribution in [3.05, 3.63) is 51.8 Å². The van der Waals surface area contributed by atoms with Crippen LogP contribution in [0.3, 0.4) is 0 Å². The van der Waals surface area contributed by atoms with Gasteiger partial charge >= 0.3 is 5.97 Å². The maximum atomic E-state index is 11.2. The number of rotatable bonds is 4. The van der Waals surface area contributed by atoms with Gasteiger partial charge in [0.2, 0.25) is 0 Å². The lowest BCUT2D eigenvalue weighted by atomic mass is 10.2. The third kappa shape index (κ3) is 3.17. The molecule has 0 aliphatic carbocycles. The number of benzene rings is 1. The molecule has 0 aliphatic heterocycles. The van der Waals surface area contributed by atoms with Crippen LogP contribution in [0, 0.1) is 6.92 Å². The fraction of sp³-hybridized carbons (Fsp3) is 0.200. The number of aromatic carboxylic acids is 1. The Morgan fingerprint density at radius 3 is 2.70 bits per heavy atom. The fourth-order valence-corrected chi connectivity index (χ4v) is 2.16. The number of carboxylic acid groups (broad SMARTS) is 1. The highest BCUT2D eigenvalue weighted by molar-refractivity contribution is 9.10. The molecule has 1 aromatic carbocycles. The van der Waals surface area contributed by atoms with E-state index in [1.54, 1.807) is 12.1 Å². The second-order valence-corrected chi connectivity index (χ2v) is 5.21. The van der Waals surface area contributed by atoms with Crippen LogP contribution in [-0.4, -0.2) is 16.1 Å². The monoisotopic (exact) mass is 335 g/mol. The Hall–Kier alpha value is -1.88. The first-order chi connectivity index (χ1) is 9.51. The van der Waals surface area contributed by atoms with E-state index in [-0.39, 0.29) is 5.56 Å². The molecule has 1 heterocycles. The van der Waals surface area contributed by atoms with Crippen LogP contribution in [0.25, 0.3) is 0 Å². The summed E-state index contributed by atoms with van der Waals surface area (Å²) in [6, 6.07) is 8.47. The van der Waals surface area contributed by atoms with Gasteiger partial charge in [-0.15, -0.1) is 0 Å². The van der Waals surface area contributed by atoms with Crippen LogP contribution in [0.5, 0.6) is 11.5 Å². The summed E-state index contributed by atoms with van der Waals surface area (Å²) in [5.41, 5.74) is 1.83. The Morgan fingerprint density at radius 2 is 2.05 bits per heavy atom. The van der Waals surface area contributed by atoms with Crippen molar-refractivity contribution in [3.8, 4) is 11.5 Å². The first-order valence-corrected chi connectivity index (χ1v) is 6.97. The van der Waals surface area contributed by atoms with E-state index in [0.717, 1.165) is 15.9 Å². The van der Waals surface area contributed by atoms with E-state index in [9.17, 15) is 9.90 Å². The van der Waals surface area contributed by atoms with Gasteiger partial charge in [0.05, 0.1) is 5.69 Å². The maximum absolute atomic E-state index is 11.2. The van der Waals surface area contributed by atoms with Crippen LogP contribution in [0.15, 0.2) is 34.8 Å². The summed E-state index contributed by atoms with van der Waals surface area (Å²) in [5.74, 6) is -0.142. The van der Waals surface area contributed by atoms with Crippen molar-refractivity contribution in [1.82, 2.24) is 4.98 Å². The third-order valence-corrected chi connectivity index (χ3v) is 3.29. The lowest BCUT2D eigenvalue weighted by molar-refractivity contribution is 0.0694. The van der Waals surface area contributed by atoms with Gasteiger partial charge in [0.1, 0.15) is 17.1 Å². The molecular weight excluding hydrogens is 322 g/mol. The van der Waals surface area contributed by atoms with Crippen molar-refractivity contribution in [3.63, 3.8) is 0 Å². The van der Waals surface area contributed by atoms with Gasteiger partial charge in [-0.3, -0.25) is 4.98 Å². The highest BCUT2D eigenvalue weighted by Crippen LogP contribution is 2.30. The SMILES string of the molecule is CCc1nc(C)ccc1Oc1cc(Br)ccc1C(=O)O. The Kier molecular flexibility index (Phi) is 4.39. The molecule has 0 unspecified atom stereocenters. The van der Waals surface area contributed by atoms with Crippen molar-refractivity contribution in [2.75, 3.05) is 0 Å². The molecule has 2 aromatic rings. The molecule has 1 aromatic heterocycles. The number of hydrogen-bond acceptors (Lipinski definition) is 3. The number of pyridine rings is 1. The second-order valence-electron chi connectivity index (χ2n) is 4.30. The third-order valence-electron chi connectivity index (χ3n) is 2.80. The first-order valence-electron chi connectivity index (χ1n) is 6.18. The van der Waals surface area contributed by atoms with Crippen molar-refractivity contribution in [2.45, 2.75) is 20.3 Å². The summed E-state index contributed by atoms with van der Waals surface area (Å²) in [6.45, 7) is 3.89. The molecule has 1 N–H and O–H groups in total. The molecule has 0 amide bonds. The first kappa shape index (κ1) is 14.5. The summed E-state index contributed by atoms with van der Waals surface area (Å²) in [5, 5.41) is 9.19. The molecule has 0 radical (unpaired) electrons. The molecule has 0 spiro atoms. The highest BCUT2D eigenvalue weighted by atomic mass is 79.9. The number of ether oxygens (including phenoxy) is 1. The van der Waals surface area contributed by atoms with Gasteiger partial charge in [0.15, 0.2) is 0 Å². The fourth-order valence-electron chi connectivity index (χ4n) is 1.82. The quantitative estimate of drug-likeness (QED) is 0.909. The summed E-state index contributed by atoms with van der Waals surface area (Å²) < 4.78 is 6.52. The number of carboxylic acids is 1. The largest absolute Gasteiger partial charge is 0.478 e. The second kappa shape index (κ2) is 6.05. The molecule has 5 heteroatoms. The minimum atomic E-state index is -1.02. The summed E-state index contributed by atoms with van der Waals surface area (Å²) in [7, 11) is 0. The number of nitrogens with zero attached hydrogens (tertiary/aromatic N) is 1. The minimum Gasteiger partial charge on any atom is -0.478 e. The number of hydrogen-bond donors (Lipinski definition) is 1. The molecule has 0 saturated heterocycles. The predicted molar refractivity (Wildman–Crippen MR) is 79.5 cm³/mol. The van der Waals surface area contributed by atoms with E-state index >= 15 is 0 Å². The topological polar surface area (TPSA) is 59.4 Å². The van der Waals surface area contributed by atoms with E-state index in [4.69, 9.17) is 4.74 Å². The van der Waals surface area contributed by atoms with Crippen LogP contribution in [-0.2, 0) is 6.42 Å². The maximum Gasteiger partial charge on any atom is 0.339 e. The van der Waals surface area contributed by atoms with Crippen LogP contribution in [0.1, 0.15) is 28.7 Å². The van der Waals surface area contributed by atoms with Crippen LogP contribution >= 0.6 is 15.9 Å². The molecule has 104 valence electrons. The highest BCUT2D eigenvalue weighted by Gasteiger charge is 2.14. The average molecular weight is 336 g/mol. The van der Waals surface area contributed by atoms with Crippen LogP contribution in [0.4, 0.5) is 0 Å². The van der Waals surface area contributed by atoms with E-state index in [2.05, 4.69) is 20.9 Å². The zero-order valence-electron chi connectivity index (χ0n) is 11.2. The Bertz CT molecular complexity index is 656. The van der Waals surface area contributed by atoms with Crippen molar-refractivity contribution in [2.24, 2.45) is 0 Å². The van der Waals surface area contributed by atoms with E-state index in [1.165, 1.54) is 6.07 Å². The van der Waals surface area contributed by atoms with Crippen molar-refractivity contribution >= 4 is 21.9 Å². The molecule has 2 rings (SSSR count). The standard InChI is InChI=1S/C15H14BrNO3/c1-3-12-13(7-4-9(2)17-12)20-14-8-10(16)5-6-11(14)15(18)19/h4-8H,3H2,1-2H3,(H,18,19). The summed E-state index contributed by atoms with van der Waals surface area (Å²) in [4.78, 5) is 15.6. The number of carbonyl (C=O) groups is 1. The van der Waals surface area contributed by atoms with Crippen molar-refractivity contribution < 1.29 is 14.6 Å². The van der Waals surface area contributed by atoms with Gasteiger partial charge in [-0.1, -0.05) is 22.9 Å². The number of halogens is 1. The smallest absolute Gasteiger partial charge is 0.339 e. The van der Waals surface area contributed by atoms with E-state index in [0.29, 0.717) is 17.9 Å². The number of aryl methyl sites for hydroxylation is 2. The molecule has 4 nitrogen and oxygen atoms in total. The van der Waals surface area contributed by atoms with Crippen LogP contribution in [0.2, 0.25) is 0 Å². The Morgan fingerprint density at radius 1 is 1.30 bits per heavy atom. The molecule has 20 heavy (non-hydrogen) atoms. The molecular formula is C15H14BrNO3. The predicted octanol–water partition coefficient (Wildman–Crippen LogP) is 4.21. The van der Waals surface area contributed by atoms with Crippen LogP contribution < -0.4 is 4.74 Å². The summed E-state index contributed by atoms with van der Waals surface area (Å²) in [6.07, 6.45) is 0.716.